The average Bonchev–Trinajstić information content (AvgIpc) is 2.60. The third-order valence-electron chi connectivity index (χ3n) is 4.19. The molecule has 0 aliphatic carbocycles. The van der Waals surface area contributed by atoms with Gasteiger partial charge in [-0.3, -0.25) is 4.79 Å². The van der Waals surface area contributed by atoms with Crippen molar-refractivity contribution in [1.29, 1.82) is 0 Å². The summed E-state index contributed by atoms with van der Waals surface area (Å²) in [6, 6.07) is 12.1. The molecular weight excluding hydrogens is 350 g/mol. The first kappa shape index (κ1) is 18.1. The largest absolute Gasteiger partial charge is 0.328 e. The number of carbonyl (C=O) groups is 1. The molecule has 2 aromatic rings. The fourth-order valence-electron chi connectivity index (χ4n) is 2.88. The van der Waals surface area contributed by atoms with Gasteiger partial charge in [-0.1, -0.05) is 24.6 Å². The van der Waals surface area contributed by atoms with Crippen LogP contribution in [-0.4, -0.2) is 26.7 Å². The van der Waals surface area contributed by atoms with Gasteiger partial charge in [-0.2, -0.15) is 8.42 Å². The van der Waals surface area contributed by atoms with Crippen LogP contribution in [0.25, 0.3) is 0 Å². The van der Waals surface area contributed by atoms with Crippen LogP contribution in [0, 0.1) is 6.92 Å². The summed E-state index contributed by atoms with van der Waals surface area (Å²) in [5.74, 6) is 0.0800. The SMILES string of the molecule is CCCN1C(C)=NS(=O)(=O)c2cc(C(=O)Nc3ccc(C)cc3)ccc21. The zero-order valence-electron chi connectivity index (χ0n) is 15.0. The van der Waals surface area contributed by atoms with Crippen LogP contribution in [0.15, 0.2) is 51.8 Å². The number of rotatable bonds is 4. The molecule has 0 unspecified atom stereocenters. The Kier molecular flexibility index (Phi) is 4.82. The van der Waals surface area contributed by atoms with Gasteiger partial charge in [-0.25, -0.2) is 0 Å². The Bertz CT molecular complexity index is 980. The molecule has 1 heterocycles. The van der Waals surface area contributed by atoms with Crippen molar-refractivity contribution in [1.82, 2.24) is 0 Å². The number of aryl methyl sites for hydroxylation is 1. The van der Waals surface area contributed by atoms with Crippen molar-refractivity contribution in [2.75, 3.05) is 16.8 Å². The minimum atomic E-state index is -3.81. The highest BCUT2D eigenvalue weighted by Gasteiger charge is 2.29. The Labute approximate surface area is 153 Å². The van der Waals surface area contributed by atoms with E-state index < -0.39 is 10.0 Å². The smallest absolute Gasteiger partial charge is 0.286 e. The Balaban J connectivity index is 1.95. The molecule has 0 atom stereocenters. The number of hydrogen-bond acceptors (Lipinski definition) is 4. The molecule has 26 heavy (non-hydrogen) atoms. The van der Waals surface area contributed by atoms with Gasteiger partial charge >= 0.3 is 0 Å². The second-order valence-corrected chi connectivity index (χ2v) is 7.84. The molecule has 0 bridgehead atoms. The number of hydrogen-bond donors (Lipinski definition) is 1. The minimum absolute atomic E-state index is 0.0631. The minimum Gasteiger partial charge on any atom is -0.328 e. The van der Waals surface area contributed by atoms with E-state index in [9.17, 15) is 13.2 Å². The number of benzene rings is 2. The maximum absolute atomic E-state index is 12.5. The lowest BCUT2D eigenvalue weighted by molar-refractivity contribution is 0.102. The Morgan fingerprint density at radius 1 is 1.12 bits per heavy atom. The van der Waals surface area contributed by atoms with Crippen LogP contribution in [0.4, 0.5) is 11.4 Å². The van der Waals surface area contributed by atoms with Crippen LogP contribution in [0.2, 0.25) is 0 Å². The summed E-state index contributed by atoms with van der Waals surface area (Å²) in [4.78, 5) is 14.4. The number of nitrogens with one attached hydrogen (secondary N) is 1. The van der Waals surface area contributed by atoms with E-state index in [4.69, 9.17) is 0 Å². The van der Waals surface area contributed by atoms with Crippen LogP contribution in [0.3, 0.4) is 0 Å². The molecule has 0 spiro atoms. The lowest BCUT2D eigenvalue weighted by Gasteiger charge is -2.29. The highest BCUT2D eigenvalue weighted by atomic mass is 32.2. The standard InChI is InChI=1S/C19H21N3O3S/c1-4-11-22-14(3)21-26(24,25)18-12-15(7-10-17(18)22)19(23)20-16-8-5-13(2)6-9-16/h5-10,12H,4,11H2,1-3H3,(H,20,23). The maximum Gasteiger partial charge on any atom is 0.286 e. The van der Waals surface area contributed by atoms with E-state index in [0.717, 1.165) is 12.0 Å². The number of carbonyl (C=O) groups excluding carboxylic acids is 1. The predicted molar refractivity (Wildman–Crippen MR) is 104 cm³/mol. The van der Waals surface area contributed by atoms with Crippen LogP contribution in [-0.2, 0) is 10.0 Å². The van der Waals surface area contributed by atoms with Crippen LogP contribution < -0.4 is 10.2 Å². The van der Waals surface area contributed by atoms with Gasteiger partial charge in [-0.15, -0.1) is 4.40 Å². The Morgan fingerprint density at radius 3 is 2.46 bits per heavy atom. The van der Waals surface area contributed by atoms with Crippen molar-refractivity contribution >= 4 is 33.1 Å². The van der Waals surface area contributed by atoms with Gasteiger partial charge in [0.05, 0.1) is 5.69 Å². The highest BCUT2D eigenvalue weighted by Crippen LogP contribution is 2.32. The van der Waals surface area contributed by atoms with E-state index in [1.807, 2.05) is 30.9 Å². The van der Waals surface area contributed by atoms with Crippen LogP contribution in [0.5, 0.6) is 0 Å². The van der Waals surface area contributed by atoms with Gasteiger partial charge in [0.25, 0.3) is 15.9 Å². The Morgan fingerprint density at radius 2 is 1.81 bits per heavy atom. The predicted octanol–water partition coefficient (Wildman–Crippen LogP) is 3.58. The third kappa shape index (κ3) is 3.48. The van der Waals surface area contributed by atoms with Crippen molar-refractivity contribution in [3.63, 3.8) is 0 Å². The summed E-state index contributed by atoms with van der Waals surface area (Å²) in [6.45, 7) is 6.31. The number of fused-ring (bicyclic) bond motifs is 1. The van der Waals surface area contributed by atoms with Gasteiger partial charge in [0.15, 0.2) is 0 Å². The number of sulfonamides is 1. The fraction of sp³-hybridized carbons (Fsp3) is 0.263. The quantitative estimate of drug-likeness (QED) is 0.891. The molecule has 0 fully saturated rings. The normalized spacial score (nSPS) is 15.2. The molecule has 0 aromatic heterocycles. The molecule has 0 saturated heterocycles. The van der Waals surface area contributed by atoms with E-state index in [1.54, 1.807) is 31.2 Å². The molecule has 7 heteroatoms. The van der Waals surface area contributed by atoms with Crippen LogP contribution >= 0.6 is 0 Å². The zero-order valence-corrected chi connectivity index (χ0v) is 15.8. The molecule has 2 aromatic carbocycles. The molecule has 1 aliphatic heterocycles. The molecule has 6 nitrogen and oxygen atoms in total. The van der Waals surface area contributed by atoms with Crippen molar-refractivity contribution in [2.24, 2.45) is 4.40 Å². The number of amides is 1. The summed E-state index contributed by atoms with van der Waals surface area (Å²) in [6.07, 6.45) is 0.849. The van der Waals surface area contributed by atoms with E-state index in [2.05, 4.69) is 9.71 Å². The fourth-order valence-corrected chi connectivity index (χ4v) is 4.14. The first-order valence-corrected chi connectivity index (χ1v) is 9.87. The van der Waals surface area contributed by atoms with Gasteiger partial charge in [0, 0.05) is 17.8 Å². The zero-order chi connectivity index (χ0) is 18.9. The molecule has 1 N–H and O–H groups in total. The van der Waals surface area contributed by atoms with Crippen molar-refractivity contribution in [3.8, 4) is 0 Å². The average molecular weight is 371 g/mol. The summed E-state index contributed by atoms with van der Waals surface area (Å²) >= 11 is 0. The number of amidine groups is 1. The third-order valence-corrected chi connectivity index (χ3v) is 5.58. The van der Waals surface area contributed by atoms with Crippen LogP contribution in [0.1, 0.15) is 36.2 Å². The molecule has 1 aliphatic rings. The molecule has 0 radical (unpaired) electrons. The Hall–Kier alpha value is -2.67. The van der Waals surface area contributed by atoms with E-state index in [0.29, 0.717) is 23.8 Å². The molecule has 3 rings (SSSR count). The monoisotopic (exact) mass is 371 g/mol. The van der Waals surface area contributed by atoms with Crippen molar-refractivity contribution in [2.45, 2.75) is 32.1 Å². The maximum atomic E-state index is 12.5. The summed E-state index contributed by atoms with van der Waals surface area (Å²) in [7, 11) is -3.81. The van der Waals surface area contributed by atoms with Gasteiger partial charge < -0.3 is 10.2 Å². The second-order valence-electron chi connectivity index (χ2n) is 6.27. The number of anilines is 2. The molecule has 136 valence electrons. The topological polar surface area (TPSA) is 78.8 Å². The van der Waals surface area contributed by atoms with Gasteiger partial charge in [0.2, 0.25) is 0 Å². The van der Waals surface area contributed by atoms with Gasteiger partial charge in [0.1, 0.15) is 10.7 Å². The summed E-state index contributed by atoms with van der Waals surface area (Å²) < 4.78 is 28.7. The van der Waals surface area contributed by atoms with E-state index in [1.165, 1.54) is 6.07 Å². The molecule has 1 amide bonds. The molecular formula is C19H21N3O3S. The van der Waals surface area contributed by atoms with E-state index in [-0.39, 0.29) is 16.4 Å². The van der Waals surface area contributed by atoms with Crippen molar-refractivity contribution < 1.29 is 13.2 Å². The van der Waals surface area contributed by atoms with E-state index >= 15 is 0 Å². The van der Waals surface area contributed by atoms with Crippen molar-refractivity contribution in [3.05, 3.63) is 53.6 Å². The molecule has 0 saturated carbocycles. The lowest BCUT2D eigenvalue weighted by atomic mass is 10.1. The highest BCUT2D eigenvalue weighted by molar-refractivity contribution is 7.90. The van der Waals surface area contributed by atoms with Gasteiger partial charge in [-0.05, 0) is 50.6 Å². The number of nitrogens with zero attached hydrogens (tertiary/aromatic N) is 2. The lowest BCUT2D eigenvalue weighted by Crippen LogP contribution is -2.34. The summed E-state index contributed by atoms with van der Waals surface area (Å²) in [5, 5.41) is 2.78. The second kappa shape index (κ2) is 6.92. The first-order chi connectivity index (χ1) is 12.3. The summed E-state index contributed by atoms with van der Waals surface area (Å²) in [5.41, 5.74) is 2.58. The first-order valence-electron chi connectivity index (χ1n) is 8.43.